The average molecular weight is 497 g/mol. The van der Waals surface area contributed by atoms with Crippen LogP contribution in [0.25, 0.3) is 22.4 Å². The van der Waals surface area contributed by atoms with Crippen LogP contribution in [0.4, 0.5) is 0 Å². The highest BCUT2D eigenvalue weighted by atomic mass is 32.1. The van der Waals surface area contributed by atoms with Gasteiger partial charge >= 0.3 is 0 Å². The van der Waals surface area contributed by atoms with Crippen LogP contribution in [0.3, 0.4) is 0 Å². The van der Waals surface area contributed by atoms with E-state index >= 15 is 0 Å². The lowest BCUT2D eigenvalue weighted by Crippen LogP contribution is -2.54. The first-order valence-corrected chi connectivity index (χ1v) is 13.4. The standard InChI is InChI=1S/C26H32N4O4S/c1-3-16(2)24(31)28-22(17-10-13-33-14-11-17)26(32)30-12-6-8-20(30)25-27-19(15-35-25)23-18-7-4-5-9-21(18)34-29-23/h4-5,7,9,15-17,20,22H,3,6,8,10-14H2,1-2H3,(H,28,31)/t16-,20+,22+/m1/s1. The second-order valence-corrected chi connectivity index (χ2v) is 10.4. The Labute approximate surface area is 209 Å². The van der Waals surface area contributed by atoms with Crippen LogP contribution in [0.2, 0.25) is 0 Å². The molecule has 2 aliphatic heterocycles. The number of amides is 2. The number of ether oxygens (including phenoxy) is 1. The fourth-order valence-electron chi connectivity index (χ4n) is 5.00. The summed E-state index contributed by atoms with van der Waals surface area (Å²) in [6, 6.07) is 7.12. The summed E-state index contributed by atoms with van der Waals surface area (Å²) in [6.45, 7) is 5.82. The largest absolute Gasteiger partial charge is 0.381 e. The van der Waals surface area contributed by atoms with Crippen LogP contribution in [-0.2, 0) is 14.3 Å². The van der Waals surface area contributed by atoms with Crippen molar-refractivity contribution in [1.29, 1.82) is 0 Å². The molecule has 2 amide bonds. The number of nitrogens with one attached hydrogen (secondary N) is 1. The molecule has 2 fully saturated rings. The number of carbonyl (C=O) groups excluding carboxylic acids is 2. The van der Waals surface area contributed by atoms with E-state index in [1.54, 1.807) is 11.3 Å². The molecule has 3 aromatic rings. The van der Waals surface area contributed by atoms with Crippen LogP contribution in [0.5, 0.6) is 0 Å². The number of benzene rings is 1. The summed E-state index contributed by atoms with van der Waals surface area (Å²) in [5, 5.41) is 11.2. The second-order valence-electron chi connectivity index (χ2n) is 9.53. The molecule has 2 aliphatic rings. The Morgan fingerprint density at radius 2 is 2.03 bits per heavy atom. The summed E-state index contributed by atoms with van der Waals surface area (Å²) in [5.41, 5.74) is 2.21. The molecule has 4 heterocycles. The van der Waals surface area contributed by atoms with Gasteiger partial charge in [0.15, 0.2) is 5.58 Å². The molecule has 2 aromatic heterocycles. The monoisotopic (exact) mass is 496 g/mol. The predicted octanol–water partition coefficient (Wildman–Crippen LogP) is 4.57. The molecule has 186 valence electrons. The van der Waals surface area contributed by atoms with E-state index < -0.39 is 6.04 Å². The molecule has 1 N–H and O–H groups in total. The molecule has 0 aliphatic carbocycles. The van der Waals surface area contributed by atoms with E-state index in [4.69, 9.17) is 14.2 Å². The highest BCUT2D eigenvalue weighted by Crippen LogP contribution is 2.38. The molecule has 3 atom stereocenters. The fourth-order valence-corrected chi connectivity index (χ4v) is 5.95. The molecule has 0 bridgehead atoms. The minimum atomic E-state index is -0.528. The Balaban J connectivity index is 1.38. The Bertz CT molecular complexity index is 1180. The van der Waals surface area contributed by atoms with Crippen molar-refractivity contribution >= 4 is 34.1 Å². The van der Waals surface area contributed by atoms with Gasteiger partial charge in [-0.2, -0.15) is 0 Å². The zero-order chi connectivity index (χ0) is 24.4. The van der Waals surface area contributed by atoms with Crippen molar-refractivity contribution in [3.63, 3.8) is 0 Å². The maximum Gasteiger partial charge on any atom is 0.246 e. The molecule has 5 rings (SSSR count). The lowest BCUT2D eigenvalue weighted by Gasteiger charge is -2.35. The maximum atomic E-state index is 13.9. The molecule has 0 radical (unpaired) electrons. The van der Waals surface area contributed by atoms with E-state index in [-0.39, 0.29) is 29.7 Å². The van der Waals surface area contributed by atoms with Gasteiger partial charge in [-0.25, -0.2) is 4.98 Å². The Hall–Kier alpha value is -2.78. The molecule has 35 heavy (non-hydrogen) atoms. The highest BCUT2D eigenvalue weighted by molar-refractivity contribution is 7.10. The van der Waals surface area contributed by atoms with E-state index in [1.165, 1.54) is 0 Å². The third-order valence-electron chi connectivity index (χ3n) is 7.32. The summed E-state index contributed by atoms with van der Waals surface area (Å²) in [4.78, 5) is 33.5. The van der Waals surface area contributed by atoms with Gasteiger partial charge in [0.05, 0.1) is 11.4 Å². The van der Waals surface area contributed by atoms with Gasteiger partial charge in [-0.3, -0.25) is 9.59 Å². The summed E-state index contributed by atoms with van der Waals surface area (Å²) in [7, 11) is 0. The van der Waals surface area contributed by atoms with Crippen LogP contribution in [0.1, 0.15) is 57.0 Å². The number of aromatic nitrogens is 2. The molecule has 1 aromatic carbocycles. The molecule has 0 spiro atoms. The SMILES string of the molecule is CC[C@@H](C)C(=O)N[C@H](C(=O)N1CCC[C@H]1c1nc(-c2noc3ccccc23)cs1)C1CCOCC1. The zero-order valence-corrected chi connectivity index (χ0v) is 21.1. The fraction of sp³-hybridized carbons (Fsp3) is 0.538. The Morgan fingerprint density at radius 3 is 2.83 bits per heavy atom. The lowest BCUT2D eigenvalue weighted by molar-refractivity contribution is -0.140. The van der Waals surface area contributed by atoms with Gasteiger partial charge in [0, 0.05) is 31.1 Å². The smallest absolute Gasteiger partial charge is 0.246 e. The number of likely N-dealkylation sites (tertiary alicyclic amines) is 1. The summed E-state index contributed by atoms with van der Waals surface area (Å²) in [6.07, 6.45) is 4.06. The van der Waals surface area contributed by atoms with Crippen molar-refractivity contribution in [2.75, 3.05) is 19.8 Å². The molecule has 0 saturated carbocycles. The first-order valence-electron chi connectivity index (χ1n) is 12.6. The van der Waals surface area contributed by atoms with Gasteiger partial charge in [-0.15, -0.1) is 11.3 Å². The van der Waals surface area contributed by atoms with Crippen molar-refractivity contribution in [2.24, 2.45) is 11.8 Å². The molecule has 2 saturated heterocycles. The van der Waals surface area contributed by atoms with E-state index in [0.29, 0.717) is 19.8 Å². The minimum absolute atomic E-state index is 0.000288. The van der Waals surface area contributed by atoms with Crippen molar-refractivity contribution in [1.82, 2.24) is 20.4 Å². The number of fused-ring (bicyclic) bond motifs is 1. The number of hydrogen-bond acceptors (Lipinski definition) is 7. The lowest BCUT2D eigenvalue weighted by atomic mass is 9.90. The van der Waals surface area contributed by atoms with Crippen LogP contribution in [0, 0.1) is 11.8 Å². The summed E-state index contributed by atoms with van der Waals surface area (Å²) >= 11 is 1.55. The highest BCUT2D eigenvalue weighted by Gasteiger charge is 2.40. The van der Waals surface area contributed by atoms with Crippen LogP contribution >= 0.6 is 11.3 Å². The molecule has 0 unspecified atom stereocenters. The third-order valence-corrected chi connectivity index (χ3v) is 8.27. The normalized spacial score (nSPS) is 20.7. The van der Waals surface area contributed by atoms with Gasteiger partial charge in [-0.1, -0.05) is 31.1 Å². The van der Waals surface area contributed by atoms with Crippen LogP contribution in [-0.4, -0.2) is 52.7 Å². The van der Waals surface area contributed by atoms with Gasteiger partial charge in [0.2, 0.25) is 11.8 Å². The number of hydrogen-bond donors (Lipinski definition) is 1. The van der Waals surface area contributed by atoms with Crippen molar-refractivity contribution in [3.8, 4) is 11.4 Å². The summed E-state index contributed by atoms with van der Waals surface area (Å²) < 4.78 is 11.0. The van der Waals surface area contributed by atoms with E-state index in [1.807, 2.05) is 48.4 Å². The third kappa shape index (κ3) is 4.84. The Morgan fingerprint density at radius 1 is 1.23 bits per heavy atom. The van der Waals surface area contributed by atoms with E-state index in [9.17, 15) is 9.59 Å². The average Bonchev–Trinajstić information content (AvgIpc) is 3.65. The zero-order valence-electron chi connectivity index (χ0n) is 20.2. The van der Waals surface area contributed by atoms with Crippen LogP contribution in [0.15, 0.2) is 34.2 Å². The molecule has 8 nitrogen and oxygen atoms in total. The van der Waals surface area contributed by atoms with Gasteiger partial charge in [0.1, 0.15) is 22.4 Å². The van der Waals surface area contributed by atoms with E-state index in [2.05, 4.69) is 10.5 Å². The molecular weight excluding hydrogens is 464 g/mol. The van der Waals surface area contributed by atoms with Gasteiger partial charge in [-0.05, 0) is 50.2 Å². The van der Waals surface area contributed by atoms with Crippen molar-refractivity contribution < 1.29 is 18.8 Å². The first-order chi connectivity index (χ1) is 17.1. The van der Waals surface area contributed by atoms with Gasteiger partial charge < -0.3 is 19.5 Å². The van der Waals surface area contributed by atoms with Crippen molar-refractivity contribution in [2.45, 2.75) is 58.0 Å². The summed E-state index contributed by atoms with van der Waals surface area (Å²) in [5.74, 6) is -0.0978. The number of nitrogens with zero attached hydrogens (tertiary/aromatic N) is 3. The van der Waals surface area contributed by atoms with E-state index in [0.717, 1.165) is 59.5 Å². The number of para-hydroxylation sites is 1. The Kier molecular flexibility index (Phi) is 7.15. The van der Waals surface area contributed by atoms with Crippen molar-refractivity contribution in [3.05, 3.63) is 34.7 Å². The molecule has 9 heteroatoms. The number of rotatable bonds is 7. The molecular formula is C26H32N4O4S. The number of carbonyl (C=O) groups is 2. The first kappa shape index (κ1) is 23.9. The quantitative estimate of drug-likeness (QED) is 0.515. The topological polar surface area (TPSA) is 97.6 Å². The second kappa shape index (κ2) is 10.5. The predicted molar refractivity (Wildman–Crippen MR) is 134 cm³/mol. The van der Waals surface area contributed by atoms with Gasteiger partial charge in [0.25, 0.3) is 0 Å². The number of thiazole rings is 1. The van der Waals surface area contributed by atoms with Crippen LogP contribution < -0.4 is 5.32 Å². The maximum absolute atomic E-state index is 13.9. The minimum Gasteiger partial charge on any atom is -0.381 e.